The number of aromatic amines is 1. The Labute approximate surface area is 110 Å². The monoisotopic (exact) mass is 262 g/mol. The van der Waals surface area contributed by atoms with Gasteiger partial charge >= 0.3 is 0 Å². The lowest BCUT2D eigenvalue weighted by molar-refractivity contribution is -0.123. The van der Waals surface area contributed by atoms with Gasteiger partial charge in [0.05, 0.1) is 0 Å². The van der Waals surface area contributed by atoms with Gasteiger partial charge in [0, 0.05) is 18.9 Å². The first-order valence-electron chi connectivity index (χ1n) is 6.01. The van der Waals surface area contributed by atoms with E-state index in [-0.39, 0.29) is 18.3 Å². The second-order valence-corrected chi connectivity index (χ2v) is 4.06. The molecule has 0 unspecified atom stereocenters. The summed E-state index contributed by atoms with van der Waals surface area (Å²) in [6, 6.07) is 7.52. The molecule has 2 N–H and O–H groups in total. The maximum absolute atomic E-state index is 12.6. The third kappa shape index (κ3) is 4.46. The number of aromatic nitrogens is 1. The van der Waals surface area contributed by atoms with Crippen LogP contribution in [-0.4, -0.2) is 24.0 Å². The molecule has 0 aliphatic carbocycles. The Kier molecular flexibility index (Phi) is 4.55. The smallest absolute Gasteiger partial charge is 0.257 e. The maximum Gasteiger partial charge on any atom is 0.257 e. The van der Waals surface area contributed by atoms with E-state index >= 15 is 0 Å². The first-order valence-corrected chi connectivity index (χ1v) is 6.01. The molecule has 2 aromatic rings. The fourth-order valence-corrected chi connectivity index (χ4v) is 1.59. The Bertz CT molecular complexity index is 509. The zero-order chi connectivity index (χ0) is 13.5. The normalized spacial score (nSPS) is 10.2. The Morgan fingerprint density at radius 3 is 2.74 bits per heavy atom. The Hall–Kier alpha value is -2.30. The van der Waals surface area contributed by atoms with Crippen molar-refractivity contribution in [3.05, 3.63) is 54.1 Å². The van der Waals surface area contributed by atoms with E-state index in [1.807, 2.05) is 18.5 Å². The van der Waals surface area contributed by atoms with E-state index in [0.717, 1.165) is 12.0 Å². The summed E-state index contributed by atoms with van der Waals surface area (Å²) in [5.74, 6) is -0.0506. The second kappa shape index (κ2) is 6.58. The Morgan fingerprint density at radius 2 is 2.05 bits per heavy atom. The molecule has 5 heteroatoms. The number of H-pyrrole nitrogens is 1. The molecular formula is C14H15FN2O2. The number of amides is 1. The van der Waals surface area contributed by atoms with E-state index in [1.165, 1.54) is 24.3 Å². The van der Waals surface area contributed by atoms with Crippen molar-refractivity contribution in [1.29, 1.82) is 0 Å². The van der Waals surface area contributed by atoms with Crippen molar-refractivity contribution >= 4 is 5.91 Å². The summed E-state index contributed by atoms with van der Waals surface area (Å²) < 4.78 is 17.9. The molecular weight excluding hydrogens is 247 g/mol. The van der Waals surface area contributed by atoms with E-state index in [9.17, 15) is 9.18 Å². The van der Waals surface area contributed by atoms with E-state index in [2.05, 4.69) is 10.3 Å². The summed E-state index contributed by atoms with van der Waals surface area (Å²) >= 11 is 0. The number of rotatable bonds is 6. The summed E-state index contributed by atoms with van der Waals surface area (Å²) in [6.45, 7) is 0.488. The Balaban J connectivity index is 1.65. The molecule has 0 bridgehead atoms. The first-order chi connectivity index (χ1) is 9.24. The summed E-state index contributed by atoms with van der Waals surface area (Å²) in [4.78, 5) is 14.4. The van der Waals surface area contributed by atoms with Crippen molar-refractivity contribution in [2.75, 3.05) is 13.2 Å². The van der Waals surface area contributed by atoms with Gasteiger partial charge in [-0.3, -0.25) is 4.79 Å². The molecule has 0 saturated carbocycles. The van der Waals surface area contributed by atoms with Gasteiger partial charge in [-0.2, -0.15) is 0 Å². The van der Waals surface area contributed by atoms with E-state index in [0.29, 0.717) is 12.3 Å². The molecule has 1 amide bonds. The van der Waals surface area contributed by atoms with Crippen LogP contribution in [0, 0.1) is 5.82 Å². The fraction of sp³-hybridized carbons (Fsp3) is 0.214. The molecule has 19 heavy (non-hydrogen) atoms. The summed E-state index contributed by atoms with van der Waals surface area (Å²) in [5, 5.41) is 2.75. The van der Waals surface area contributed by atoms with Crippen LogP contribution in [0.2, 0.25) is 0 Å². The van der Waals surface area contributed by atoms with Gasteiger partial charge in [-0.25, -0.2) is 4.39 Å². The number of hydrogen-bond donors (Lipinski definition) is 2. The van der Waals surface area contributed by atoms with Crippen LogP contribution in [0.4, 0.5) is 4.39 Å². The minimum Gasteiger partial charge on any atom is -0.484 e. The van der Waals surface area contributed by atoms with Crippen LogP contribution in [0.25, 0.3) is 0 Å². The van der Waals surface area contributed by atoms with Crippen LogP contribution in [0.1, 0.15) is 5.56 Å². The van der Waals surface area contributed by atoms with Gasteiger partial charge in [0.2, 0.25) is 0 Å². The largest absolute Gasteiger partial charge is 0.484 e. The molecule has 0 aliphatic rings. The molecule has 0 saturated heterocycles. The number of carbonyl (C=O) groups excluding carboxylic acids is 1. The van der Waals surface area contributed by atoms with Crippen molar-refractivity contribution in [3.8, 4) is 5.75 Å². The first kappa shape index (κ1) is 13.1. The van der Waals surface area contributed by atoms with E-state index in [4.69, 9.17) is 4.74 Å². The number of hydrogen-bond acceptors (Lipinski definition) is 2. The molecule has 0 atom stereocenters. The van der Waals surface area contributed by atoms with Gasteiger partial charge in [0.25, 0.3) is 5.91 Å². The van der Waals surface area contributed by atoms with Gasteiger partial charge in [-0.15, -0.1) is 0 Å². The number of halogens is 1. The predicted molar refractivity (Wildman–Crippen MR) is 69.4 cm³/mol. The average Bonchev–Trinajstić information content (AvgIpc) is 2.91. The SMILES string of the molecule is O=C(COc1ccc(F)cc1)NCCc1cc[nH]c1. The highest BCUT2D eigenvalue weighted by Crippen LogP contribution is 2.10. The molecule has 4 nitrogen and oxygen atoms in total. The number of ether oxygens (including phenoxy) is 1. The van der Waals surface area contributed by atoms with Gasteiger partial charge in [-0.05, 0) is 42.3 Å². The number of nitrogens with one attached hydrogen (secondary N) is 2. The van der Waals surface area contributed by atoms with Crippen LogP contribution >= 0.6 is 0 Å². The lowest BCUT2D eigenvalue weighted by atomic mass is 10.2. The molecule has 0 radical (unpaired) electrons. The topological polar surface area (TPSA) is 54.1 Å². The maximum atomic E-state index is 12.6. The fourth-order valence-electron chi connectivity index (χ4n) is 1.59. The molecule has 0 aliphatic heterocycles. The van der Waals surface area contributed by atoms with Crippen molar-refractivity contribution in [1.82, 2.24) is 10.3 Å². The zero-order valence-corrected chi connectivity index (χ0v) is 10.4. The minimum absolute atomic E-state index is 0.0707. The van der Waals surface area contributed by atoms with Crippen LogP contribution in [0.15, 0.2) is 42.7 Å². The zero-order valence-electron chi connectivity index (χ0n) is 10.4. The molecule has 1 aromatic heterocycles. The second-order valence-electron chi connectivity index (χ2n) is 4.06. The van der Waals surface area contributed by atoms with Crippen molar-refractivity contribution in [3.63, 3.8) is 0 Å². The third-order valence-corrected chi connectivity index (χ3v) is 2.58. The van der Waals surface area contributed by atoms with Crippen LogP contribution in [0.5, 0.6) is 5.75 Å². The number of carbonyl (C=O) groups is 1. The van der Waals surface area contributed by atoms with E-state index in [1.54, 1.807) is 0 Å². The lowest BCUT2D eigenvalue weighted by Crippen LogP contribution is -2.30. The van der Waals surface area contributed by atoms with E-state index < -0.39 is 0 Å². The molecule has 0 fully saturated rings. The van der Waals surface area contributed by atoms with Gasteiger partial charge < -0.3 is 15.0 Å². The molecule has 1 aromatic carbocycles. The highest BCUT2D eigenvalue weighted by molar-refractivity contribution is 5.77. The van der Waals surface area contributed by atoms with Crippen LogP contribution in [0.3, 0.4) is 0 Å². The average molecular weight is 262 g/mol. The highest BCUT2D eigenvalue weighted by atomic mass is 19.1. The highest BCUT2D eigenvalue weighted by Gasteiger charge is 2.02. The molecule has 1 heterocycles. The van der Waals surface area contributed by atoms with Gasteiger partial charge in [-0.1, -0.05) is 0 Å². The standard InChI is InChI=1S/C14H15FN2O2/c15-12-1-3-13(4-2-12)19-10-14(18)17-8-6-11-5-7-16-9-11/h1-5,7,9,16H,6,8,10H2,(H,17,18). The van der Waals surface area contributed by atoms with Crippen LogP contribution < -0.4 is 10.1 Å². The third-order valence-electron chi connectivity index (χ3n) is 2.58. The van der Waals surface area contributed by atoms with Gasteiger partial charge in [0.15, 0.2) is 6.61 Å². The van der Waals surface area contributed by atoms with Gasteiger partial charge in [0.1, 0.15) is 11.6 Å². The van der Waals surface area contributed by atoms with Crippen molar-refractivity contribution < 1.29 is 13.9 Å². The minimum atomic E-state index is -0.330. The summed E-state index contributed by atoms with van der Waals surface area (Å²) in [6.07, 6.45) is 4.50. The molecule has 100 valence electrons. The van der Waals surface area contributed by atoms with Crippen molar-refractivity contribution in [2.24, 2.45) is 0 Å². The van der Waals surface area contributed by atoms with Crippen LogP contribution in [-0.2, 0) is 11.2 Å². The Morgan fingerprint density at radius 1 is 1.26 bits per heavy atom. The lowest BCUT2D eigenvalue weighted by Gasteiger charge is -2.07. The predicted octanol–water partition coefficient (Wildman–Crippen LogP) is 1.89. The summed E-state index contributed by atoms with van der Waals surface area (Å²) in [5.41, 5.74) is 1.14. The molecule has 0 spiro atoms. The molecule has 2 rings (SSSR count). The van der Waals surface area contributed by atoms with Crippen molar-refractivity contribution in [2.45, 2.75) is 6.42 Å². The number of benzene rings is 1. The summed E-state index contributed by atoms with van der Waals surface area (Å²) in [7, 11) is 0. The quantitative estimate of drug-likeness (QED) is 0.835.